The van der Waals surface area contributed by atoms with E-state index in [1.165, 1.54) is 5.56 Å². The monoisotopic (exact) mass is 399 g/mol. The Kier molecular flexibility index (Phi) is 5.55. The van der Waals surface area contributed by atoms with Crippen molar-refractivity contribution < 1.29 is 4.74 Å². The predicted molar refractivity (Wildman–Crippen MR) is 123 cm³/mol. The normalized spacial score (nSPS) is 10.6. The van der Waals surface area contributed by atoms with Gasteiger partial charge in [0.05, 0.1) is 7.11 Å². The van der Waals surface area contributed by atoms with Gasteiger partial charge in [-0.1, -0.05) is 59.6 Å². The molecule has 144 valence electrons. The minimum absolute atomic E-state index is 0.714. The van der Waals surface area contributed by atoms with Crippen molar-refractivity contribution in [1.82, 2.24) is 0 Å². The van der Waals surface area contributed by atoms with E-state index in [0.29, 0.717) is 5.02 Å². The average Bonchev–Trinajstić information content (AvgIpc) is 2.76. The van der Waals surface area contributed by atoms with Gasteiger partial charge in [0.2, 0.25) is 0 Å². The summed E-state index contributed by atoms with van der Waals surface area (Å²) in [7, 11) is 1.68. The van der Waals surface area contributed by atoms with Crippen molar-refractivity contribution in [2.24, 2.45) is 0 Å². The smallest absolute Gasteiger partial charge is 0.118 e. The molecule has 0 aliphatic rings. The molecular formula is C26H22ClNO. The SMILES string of the molecule is COc1ccc(-c2cccc(N(c3ccc(C)cc3)c3cccc(Cl)c3)c2)cc1. The van der Waals surface area contributed by atoms with Crippen molar-refractivity contribution >= 4 is 28.7 Å². The Bertz CT molecular complexity index is 1100. The summed E-state index contributed by atoms with van der Waals surface area (Å²) in [4.78, 5) is 2.22. The maximum Gasteiger partial charge on any atom is 0.118 e. The molecule has 3 heteroatoms. The molecule has 0 saturated heterocycles. The van der Waals surface area contributed by atoms with Crippen molar-refractivity contribution in [1.29, 1.82) is 0 Å². The molecule has 0 fully saturated rings. The van der Waals surface area contributed by atoms with Crippen LogP contribution in [0, 0.1) is 6.92 Å². The van der Waals surface area contributed by atoms with Crippen molar-refractivity contribution in [3.05, 3.63) is 108 Å². The zero-order valence-corrected chi connectivity index (χ0v) is 17.2. The van der Waals surface area contributed by atoms with E-state index in [-0.39, 0.29) is 0 Å². The molecule has 0 aliphatic heterocycles. The van der Waals surface area contributed by atoms with Gasteiger partial charge in [-0.05, 0) is 72.6 Å². The zero-order chi connectivity index (χ0) is 20.2. The van der Waals surface area contributed by atoms with Crippen LogP contribution in [0.1, 0.15) is 5.56 Å². The van der Waals surface area contributed by atoms with Gasteiger partial charge in [0.25, 0.3) is 0 Å². The summed E-state index contributed by atoms with van der Waals surface area (Å²) in [6.45, 7) is 2.10. The van der Waals surface area contributed by atoms with Gasteiger partial charge in [-0.2, -0.15) is 0 Å². The van der Waals surface area contributed by atoms with Gasteiger partial charge in [-0.15, -0.1) is 0 Å². The lowest BCUT2D eigenvalue weighted by Crippen LogP contribution is -2.10. The van der Waals surface area contributed by atoms with Crippen LogP contribution >= 0.6 is 11.6 Å². The first-order valence-electron chi connectivity index (χ1n) is 9.51. The first-order valence-corrected chi connectivity index (χ1v) is 9.89. The Morgan fingerprint density at radius 1 is 0.655 bits per heavy atom. The molecule has 0 bridgehead atoms. The van der Waals surface area contributed by atoms with Crippen molar-refractivity contribution in [2.45, 2.75) is 6.92 Å². The van der Waals surface area contributed by atoms with Crippen molar-refractivity contribution in [2.75, 3.05) is 12.0 Å². The second kappa shape index (κ2) is 8.42. The molecule has 0 saturated carbocycles. The number of aryl methyl sites for hydroxylation is 1. The predicted octanol–water partition coefficient (Wildman–Crippen LogP) is 7.79. The molecule has 0 aliphatic carbocycles. The molecule has 0 atom stereocenters. The number of nitrogens with zero attached hydrogens (tertiary/aromatic N) is 1. The first-order chi connectivity index (χ1) is 14.1. The van der Waals surface area contributed by atoms with Gasteiger partial charge >= 0.3 is 0 Å². The number of methoxy groups -OCH3 is 1. The van der Waals surface area contributed by atoms with E-state index in [2.05, 4.69) is 78.6 Å². The van der Waals surface area contributed by atoms with Crippen LogP contribution in [0.3, 0.4) is 0 Å². The van der Waals surface area contributed by atoms with Gasteiger partial charge in [-0.25, -0.2) is 0 Å². The van der Waals surface area contributed by atoms with Crippen LogP contribution in [-0.2, 0) is 0 Å². The molecule has 0 heterocycles. The number of hydrogen-bond donors (Lipinski definition) is 0. The van der Waals surface area contributed by atoms with Crippen LogP contribution in [0.5, 0.6) is 5.75 Å². The molecule has 0 amide bonds. The standard InChI is InChI=1S/C26H22ClNO/c1-19-9-13-23(14-10-19)28(25-8-4-6-22(27)18-25)24-7-3-5-21(17-24)20-11-15-26(29-2)16-12-20/h3-18H,1-2H3. The minimum Gasteiger partial charge on any atom is -0.497 e. The van der Waals surface area contributed by atoms with Gasteiger partial charge in [0, 0.05) is 22.1 Å². The van der Waals surface area contributed by atoms with E-state index < -0.39 is 0 Å². The summed E-state index contributed by atoms with van der Waals surface area (Å²) >= 11 is 6.31. The summed E-state index contributed by atoms with van der Waals surface area (Å²) in [6.07, 6.45) is 0. The third kappa shape index (κ3) is 4.28. The van der Waals surface area contributed by atoms with Crippen LogP contribution in [0.15, 0.2) is 97.1 Å². The Balaban J connectivity index is 1.81. The molecule has 4 aromatic rings. The summed E-state index contributed by atoms with van der Waals surface area (Å²) < 4.78 is 5.28. The Morgan fingerprint density at radius 3 is 1.97 bits per heavy atom. The topological polar surface area (TPSA) is 12.5 Å². The average molecular weight is 400 g/mol. The zero-order valence-electron chi connectivity index (χ0n) is 16.5. The summed E-state index contributed by atoms with van der Waals surface area (Å²) in [5.74, 6) is 0.852. The third-order valence-corrected chi connectivity index (χ3v) is 5.12. The van der Waals surface area contributed by atoms with E-state index in [4.69, 9.17) is 16.3 Å². The molecule has 29 heavy (non-hydrogen) atoms. The molecule has 4 aromatic carbocycles. The van der Waals surface area contributed by atoms with Crippen LogP contribution in [0.2, 0.25) is 5.02 Å². The molecule has 2 nitrogen and oxygen atoms in total. The second-order valence-electron chi connectivity index (χ2n) is 6.93. The lowest BCUT2D eigenvalue weighted by atomic mass is 10.0. The van der Waals surface area contributed by atoms with Crippen LogP contribution in [0.25, 0.3) is 11.1 Å². The van der Waals surface area contributed by atoms with E-state index in [0.717, 1.165) is 33.9 Å². The lowest BCUT2D eigenvalue weighted by molar-refractivity contribution is 0.415. The van der Waals surface area contributed by atoms with E-state index in [1.54, 1.807) is 7.11 Å². The number of halogens is 1. The maximum absolute atomic E-state index is 6.31. The molecule has 0 N–H and O–H groups in total. The highest BCUT2D eigenvalue weighted by molar-refractivity contribution is 6.30. The molecule has 0 radical (unpaired) electrons. The Hall–Kier alpha value is -3.23. The number of hydrogen-bond acceptors (Lipinski definition) is 2. The number of anilines is 3. The maximum atomic E-state index is 6.31. The molecular weight excluding hydrogens is 378 g/mol. The fraction of sp³-hybridized carbons (Fsp3) is 0.0769. The summed E-state index contributed by atoms with van der Waals surface area (Å²) in [5.41, 5.74) is 6.70. The lowest BCUT2D eigenvalue weighted by Gasteiger charge is -2.26. The summed E-state index contributed by atoms with van der Waals surface area (Å²) in [5, 5.41) is 0.714. The summed E-state index contributed by atoms with van der Waals surface area (Å²) in [6, 6.07) is 33.1. The largest absolute Gasteiger partial charge is 0.497 e. The highest BCUT2D eigenvalue weighted by Gasteiger charge is 2.13. The van der Waals surface area contributed by atoms with Crippen molar-refractivity contribution in [3.8, 4) is 16.9 Å². The van der Waals surface area contributed by atoms with Crippen LogP contribution < -0.4 is 9.64 Å². The van der Waals surface area contributed by atoms with Gasteiger partial charge in [-0.3, -0.25) is 0 Å². The fourth-order valence-corrected chi connectivity index (χ4v) is 3.55. The molecule has 0 aromatic heterocycles. The highest BCUT2D eigenvalue weighted by atomic mass is 35.5. The number of ether oxygens (including phenoxy) is 1. The van der Waals surface area contributed by atoms with Crippen LogP contribution in [-0.4, -0.2) is 7.11 Å². The molecule has 0 spiro atoms. The van der Waals surface area contributed by atoms with E-state index in [9.17, 15) is 0 Å². The molecule has 0 unspecified atom stereocenters. The van der Waals surface area contributed by atoms with Gasteiger partial charge in [0.15, 0.2) is 0 Å². The minimum atomic E-state index is 0.714. The van der Waals surface area contributed by atoms with E-state index in [1.807, 2.05) is 30.3 Å². The Morgan fingerprint density at radius 2 is 1.31 bits per heavy atom. The van der Waals surface area contributed by atoms with Gasteiger partial charge in [0.1, 0.15) is 5.75 Å². The third-order valence-electron chi connectivity index (χ3n) is 4.89. The quantitative estimate of drug-likeness (QED) is 0.339. The second-order valence-corrected chi connectivity index (χ2v) is 7.37. The van der Waals surface area contributed by atoms with Crippen LogP contribution in [0.4, 0.5) is 17.1 Å². The number of benzene rings is 4. The first kappa shape index (κ1) is 19.1. The van der Waals surface area contributed by atoms with Crippen molar-refractivity contribution in [3.63, 3.8) is 0 Å². The highest BCUT2D eigenvalue weighted by Crippen LogP contribution is 2.37. The van der Waals surface area contributed by atoms with E-state index >= 15 is 0 Å². The fourth-order valence-electron chi connectivity index (χ4n) is 3.36. The Labute approximate surface area is 177 Å². The van der Waals surface area contributed by atoms with Gasteiger partial charge < -0.3 is 9.64 Å². The number of rotatable bonds is 5. The molecule has 4 rings (SSSR count).